The molecule has 1 saturated heterocycles. The van der Waals surface area contributed by atoms with E-state index >= 15 is 0 Å². The van der Waals surface area contributed by atoms with Crippen molar-refractivity contribution >= 4 is 11.6 Å². The summed E-state index contributed by atoms with van der Waals surface area (Å²) in [6.07, 6.45) is 0. The van der Waals surface area contributed by atoms with Crippen LogP contribution in [0.25, 0.3) is 0 Å². The van der Waals surface area contributed by atoms with Crippen molar-refractivity contribution in [2.24, 2.45) is 5.92 Å². The number of likely N-dealkylation sites (tertiary alicyclic amines) is 1. The summed E-state index contributed by atoms with van der Waals surface area (Å²) < 4.78 is 13.9. The van der Waals surface area contributed by atoms with Gasteiger partial charge in [-0.3, -0.25) is 4.79 Å². The fourth-order valence-corrected chi connectivity index (χ4v) is 4.65. The summed E-state index contributed by atoms with van der Waals surface area (Å²) in [5.74, 6) is -0.0304. The number of amides is 1. The largest absolute Gasteiger partial charge is 0.373 e. The van der Waals surface area contributed by atoms with E-state index in [0.29, 0.717) is 13.1 Å². The smallest absolute Gasteiger partial charge is 0.245 e. The number of halogens is 1. The average molecular weight is 372 g/mol. The fourth-order valence-electron chi connectivity index (χ4n) is 4.65. The molecular weight excluding hydrogens is 351 g/mol. The van der Waals surface area contributed by atoms with Crippen LogP contribution in [-0.4, -0.2) is 23.4 Å². The number of carbonyl (C=O) groups excluding carboxylic acids is 1. The monoisotopic (exact) mass is 372 g/mol. The molecule has 2 aliphatic rings. The molecule has 0 saturated carbocycles. The highest BCUT2D eigenvalue weighted by molar-refractivity contribution is 5.89. The van der Waals surface area contributed by atoms with Gasteiger partial charge in [0.15, 0.2) is 0 Å². The van der Waals surface area contributed by atoms with E-state index in [-0.39, 0.29) is 29.6 Å². The van der Waals surface area contributed by atoms with Gasteiger partial charge in [0, 0.05) is 30.6 Å². The molecular formula is C24H21FN2O. The van der Waals surface area contributed by atoms with Crippen LogP contribution in [0.2, 0.25) is 0 Å². The molecule has 0 spiro atoms. The van der Waals surface area contributed by atoms with E-state index in [1.165, 1.54) is 17.7 Å². The van der Waals surface area contributed by atoms with Gasteiger partial charge in [-0.15, -0.1) is 0 Å². The van der Waals surface area contributed by atoms with Crippen LogP contribution in [0.5, 0.6) is 0 Å². The van der Waals surface area contributed by atoms with Crippen molar-refractivity contribution in [1.29, 1.82) is 0 Å². The first-order valence-corrected chi connectivity index (χ1v) is 9.64. The lowest BCUT2D eigenvalue weighted by molar-refractivity contribution is -0.128. The summed E-state index contributed by atoms with van der Waals surface area (Å²) in [7, 11) is 0. The molecule has 4 heteroatoms. The second kappa shape index (κ2) is 6.79. The standard InChI is InChI=1S/C24H21FN2O/c25-18-11-12-19-21(13-18)26-23-20(22(19)17-9-5-2-6-10-17)15-27(24(23)28)14-16-7-3-1-4-8-16/h1-13,20,22-23,26H,14-15H2. The van der Waals surface area contributed by atoms with E-state index in [1.807, 2.05) is 59.5 Å². The van der Waals surface area contributed by atoms with Crippen molar-refractivity contribution in [2.75, 3.05) is 11.9 Å². The molecule has 1 N–H and O–H groups in total. The van der Waals surface area contributed by atoms with E-state index in [9.17, 15) is 9.18 Å². The molecule has 2 aliphatic heterocycles. The van der Waals surface area contributed by atoms with Gasteiger partial charge in [0.1, 0.15) is 11.9 Å². The van der Waals surface area contributed by atoms with Crippen molar-refractivity contribution in [3.63, 3.8) is 0 Å². The Balaban J connectivity index is 1.54. The third-order valence-electron chi connectivity index (χ3n) is 5.90. The first-order valence-electron chi connectivity index (χ1n) is 9.64. The predicted octanol–water partition coefficient (Wildman–Crippen LogP) is 4.41. The molecule has 1 amide bonds. The first kappa shape index (κ1) is 17.0. The Kier molecular flexibility index (Phi) is 4.12. The summed E-state index contributed by atoms with van der Waals surface area (Å²) in [5, 5.41) is 3.33. The van der Waals surface area contributed by atoms with Gasteiger partial charge >= 0.3 is 0 Å². The number of carbonyl (C=O) groups is 1. The molecule has 3 unspecified atom stereocenters. The quantitative estimate of drug-likeness (QED) is 0.739. The van der Waals surface area contributed by atoms with Gasteiger partial charge < -0.3 is 10.2 Å². The van der Waals surface area contributed by atoms with Crippen molar-refractivity contribution in [3.8, 4) is 0 Å². The first-order chi connectivity index (χ1) is 13.7. The molecule has 28 heavy (non-hydrogen) atoms. The van der Waals surface area contributed by atoms with Gasteiger partial charge in [-0.2, -0.15) is 0 Å². The molecule has 3 nitrogen and oxygen atoms in total. The zero-order chi connectivity index (χ0) is 19.1. The number of fused-ring (bicyclic) bond motifs is 2. The molecule has 2 heterocycles. The average Bonchev–Trinajstić information content (AvgIpc) is 3.03. The minimum Gasteiger partial charge on any atom is -0.373 e. The number of anilines is 1. The third-order valence-corrected chi connectivity index (χ3v) is 5.90. The van der Waals surface area contributed by atoms with E-state index < -0.39 is 0 Å². The molecule has 5 rings (SSSR count). The molecule has 1 fully saturated rings. The highest BCUT2D eigenvalue weighted by Gasteiger charge is 2.48. The van der Waals surface area contributed by atoms with Crippen LogP contribution < -0.4 is 5.32 Å². The maximum Gasteiger partial charge on any atom is 0.245 e. The van der Waals surface area contributed by atoms with Crippen molar-refractivity contribution in [1.82, 2.24) is 4.90 Å². The molecule has 0 aliphatic carbocycles. The number of hydrogen-bond acceptors (Lipinski definition) is 2. The topological polar surface area (TPSA) is 32.3 Å². The second-order valence-corrected chi connectivity index (χ2v) is 7.61. The summed E-state index contributed by atoms with van der Waals surface area (Å²) in [6.45, 7) is 1.28. The Morgan fingerprint density at radius 1 is 0.964 bits per heavy atom. The molecule has 0 bridgehead atoms. The number of benzene rings is 3. The Bertz CT molecular complexity index is 1010. The van der Waals surface area contributed by atoms with Crippen molar-refractivity contribution in [3.05, 3.63) is 101 Å². The molecule has 3 aromatic carbocycles. The van der Waals surface area contributed by atoms with Gasteiger partial charge in [-0.25, -0.2) is 4.39 Å². The van der Waals surface area contributed by atoms with Gasteiger partial charge in [-0.1, -0.05) is 66.7 Å². The zero-order valence-electron chi connectivity index (χ0n) is 15.4. The summed E-state index contributed by atoms with van der Waals surface area (Å²) >= 11 is 0. The molecule has 0 radical (unpaired) electrons. The Hall–Kier alpha value is -3.14. The summed E-state index contributed by atoms with van der Waals surface area (Å²) in [5.41, 5.74) is 4.07. The third kappa shape index (κ3) is 2.85. The van der Waals surface area contributed by atoms with Crippen molar-refractivity contribution < 1.29 is 9.18 Å². The fraction of sp³-hybridized carbons (Fsp3) is 0.208. The van der Waals surface area contributed by atoms with E-state index in [0.717, 1.165) is 16.8 Å². The highest BCUT2D eigenvalue weighted by Crippen LogP contribution is 2.46. The minimum absolute atomic E-state index is 0.0628. The molecule has 0 aromatic heterocycles. The lowest BCUT2D eigenvalue weighted by Gasteiger charge is -2.35. The lowest BCUT2D eigenvalue weighted by atomic mass is 9.75. The molecule has 140 valence electrons. The number of nitrogens with one attached hydrogen (secondary N) is 1. The number of nitrogens with zero attached hydrogens (tertiary/aromatic N) is 1. The highest BCUT2D eigenvalue weighted by atomic mass is 19.1. The van der Waals surface area contributed by atoms with Crippen LogP contribution in [0.4, 0.5) is 10.1 Å². The second-order valence-electron chi connectivity index (χ2n) is 7.61. The zero-order valence-corrected chi connectivity index (χ0v) is 15.4. The van der Waals surface area contributed by atoms with Crippen LogP contribution in [0.1, 0.15) is 22.6 Å². The van der Waals surface area contributed by atoms with Crippen LogP contribution in [0.3, 0.4) is 0 Å². The van der Waals surface area contributed by atoms with Gasteiger partial charge in [0.25, 0.3) is 0 Å². The maximum atomic E-state index is 13.9. The van der Waals surface area contributed by atoms with Crippen molar-refractivity contribution in [2.45, 2.75) is 18.5 Å². The molecule has 3 aromatic rings. The Labute approximate surface area is 163 Å². The maximum absolute atomic E-state index is 13.9. The van der Waals surface area contributed by atoms with Gasteiger partial charge in [0.05, 0.1) is 0 Å². The van der Waals surface area contributed by atoms with E-state index in [1.54, 1.807) is 0 Å². The van der Waals surface area contributed by atoms with E-state index in [2.05, 4.69) is 17.4 Å². The number of rotatable bonds is 3. The van der Waals surface area contributed by atoms with E-state index in [4.69, 9.17) is 0 Å². The minimum atomic E-state index is -0.330. The summed E-state index contributed by atoms with van der Waals surface area (Å²) in [6, 6.07) is 24.8. The lowest BCUT2D eigenvalue weighted by Crippen LogP contribution is -2.40. The van der Waals surface area contributed by atoms with Gasteiger partial charge in [-0.05, 0) is 28.8 Å². The predicted molar refractivity (Wildman–Crippen MR) is 107 cm³/mol. The SMILES string of the molecule is O=C1C2Nc3cc(F)ccc3C(c3ccccc3)C2CN1Cc1ccccc1. The van der Waals surface area contributed by atoms with Crippen LogP contribution in [-0.2, 0) is 11.3 Å². The Morgan fingerprint density at radius 3 is 2.43 bits per heavy atom. The Morgan fingerprint density at radius 2 is 1.68 bits per heavy atom. The van der Waals surface area contributed by atoms with Crippen LogP contribution in [0, 0.1) is 11.7 Å². The number of hydrogen-bond donors (Lipinski definition) is 1. The van der Waals surface area contributed by atoms with Crippen LogP contribution >= 0.6 is 0 Å². The molecule has 3 atom stereocenters. The van der Waals surface area contributed by atoms with Crippen LogP contribution in [0.15, 0.2) is 78.9 Å². The normalized spacial score (nSPS) is 23.1. The van der Waals surface area contributed by atoms with Gasteiger partial charge in [0.2, 0.25) is 5.91 Å². The summed E-state index contributed by atoms with van der Waals surface area (Å²) in [4.78, 5) is 15.1.